The summed E-state index contributed by atoms with van der Waals surface area (Å²) >= 11 is 0. The van der Waals surface area contributed by atoms with Gasteiger partial charge in [0, 0.05) is 0 Å². The molecule has 0 saturated heterocycles. The van der Waals surface area contributed by atoms with Crippen molar-refractivity contribution in [3.05, 3.63) is 29.3 Å². The second-order valence-electron chi connectivity index (χ2n) is 3.45. The lowest BCUT2D eigenvalue weighted by Crippen LogP contribution is -2.12. The number of anilines is 1. The van der Waals surface area contributed by atoms with Crippen molar-refractivity contribution in [2.45, 2.75) is 25.7 Å². The van der Waals surface area contributed by atoms with Crippen molar-refractivity contribution in [1.29, 1.82) is 0 Å². The summed E-state index contributed by atoms with van der Waals surface area (Å²) < 4.78 is 0. The van der Waals surface area contributed by atoms with E-state index in [1.54, 1.807) is 6.07 Å². The summed E-state index contributed by atoms with van der Waals surface area (Å²) in [7, 11) is 0. The van der Waals surface area contributed by atoms with Gasteiger partial charge in [0.05, 0.1) is 5.69 Å². The van der Waals surface area contributed by atoms with Crippen LogP contribution in [0.25, 0.3) is 0 Å². The third-order valence-corrected chi connectivity index (χ3v) is 2.56. The third-order valence-electron chi connectivity index (χ3n) is 2.56. The van der Waals surface area contributed by atoms with E-state index in [0.29, 0.717) is 5.69 Å². The highest BCUT2D eigenvalue weighted by Crippen LogP contribution is 2.24. The molecule has 2 rings (SSSR count). The van der Waals surface area contributed by atoms with E-state index in [4.69, 9.17) is 10.4 Å². The quantitative estimate of drug-likeness (QED) is 0.649. The predicted molar refractivity (Wildman–Crippen MR) is 49.1 cm³/mol. The first-order valence-electron chi connectivity index (χ1n) is 4.57. The molecule has 0 aliphatic heterocycles. The van der Waals surface area contributed by atoms with Gasteiger partial charge in [-0.05, 0) is 48.9 Å². The summed E-state index contributed by atoms with van der Waals surface area (Å²) in [6.07, 6.45) is 4.62. The van der Waals surface area contributed by atoms with Crippen molar-refractivity contribution in [1.82, 2.24) is 0 Å². The normalized spacial score (nSPS) is 15.2. The van der Waals surface area contributed by atoms with Crippen LogP contribution in [0.1, 0.15) is 24.0 Å². The number of benzene rings is 1. The fraction of sp³-hybridized carbons (Fsp3) is 0.400. The molecule has 3 heteroatoms. The van der Waals surface area contributed by atoms with Crippen LogP contribution in [0.2, 0.25) is 0 Å². The van der Waals surface area contributed by atoms with Crippen LogP contribution in [0.15, 0.2) is 18.2 Å². The lowest BCUT2D eigenvalue weighted by Gasteiger charge is -2.17. The molecule has 1 aliphatic carbocycles. The minimum absolute atomic E-state index is 0.175. The number of aryl methyl sites for hydroxylation is 2. The van der Waals surface area contributed by atoms with E-state index in [2.05, 4.69) is 0 Å². The maximum atomic E-state index is 8.81. The van der Waals surface area contributed by atoms with Gasteiger partial charge in [0.2, 0.25) is 0 Å². The Morgan fingerprint density at radius 1 is 1.00 bits per heavy atom. The van der Waals surface area contributed by atoms with E-state index in [0.717, 1.165) is 12.8 Å². The number of hydrogen-bond donors (Lipinski definition) is 2. The van der Waals surface area contributed by atoms with Crippen LogP contribution in [0.3, 0.4) is 0 Å². The Hall–Kier alpha value is -1.06. The summed E-state index contributed by atoms with van der Waals surface area (Å²) in [5, 5.41) is 17.8. The summed E-state index contributed by atoms with van der Waals surface area (Å²) in [6.45, 7) is 0. The number of rotatable bonds is 1. The molecule has 1 aromatic carbocycles. The molecule has 0 saturated carbocycles. The third kappa shape index (κ3) is 1.66. The maximum absolute atomic E-state index is 8.81. The first kappa shape index (κ1) is 8.53. The SMILES string of the molecule is ON(O)c1ccc2c(c1)CCCC2. The lowest BCUT2D eigenvalue weighted by atomic mass is 9.91. The van der Waals surface area contributed by atoms with Crippen LogP contribution in [-0.2, 0) is 12.8 Å². The monoisotopic (exact) mass is 179 g/mol. The van der Waals surface area contributed by atoms with E-state index < -0.39 is 0 Å². The first-order valence-corrected chi connectivity index (χ1v) is 4.57. The molecule has 0 fully saturated rings. The fourth-order valence-electron chi connectivity index (χ4n) is 1.84. The molecule has 0 spiro atoms. The van der Waals surface area contributed by atoms with Gasteiger partial charge in [0.25, 0.3) is 0 Å². The standard InChI is InChI=1S/C10H13NO2/c12-11(13)10-6-5-8-3-1-2-4-9(8)7-10/h5-7,12-13H,1-4H2. The molecule has 0 heterocycles. The van der Waals surface area contributed by atoms with Crippen molar-refractivity contribution in [3.8, 4) is 0 Å². The highest BCUT2D eigenvalue weighted by molar-refractivity contribution is 5.47. The van der Waals surface area contributed by atoms with Crippen molar-refractivity contribution in [2.24, 2.45) is 0 Å². The highest BCUT2D eigenvalue weighted by Gasteiger charge is 2.10. The summed E-state index contributed by atoms with van der Waals surface area (Å²) in [5.74, 6) is 0. The molecular formula is C10H13NO2. The maximum Gasteiger partial charge on any atom is 0.0945 e. The molecule has 0 radical (unpaired) electrons. The smallest absolute Gasteiger partial charge is 0.0945 e. The fourth-order valence-corrected chi connectivity index (χ4v) is 1.84. The topological polar surface area (TPSA) is 43.7 Å². The molecular weight excluding hydrogens is 166 g/mol. The van der Waals surface area contributed by atoms with Crippen LogP contribution in [-0.4, -0.2) is 10.4 Å². The van der Waals surface area contributed by atoms with Crippen LogP contribution in [0.4, 0.5) is 5.69 Å². The Kier molecular flexibility index (Phi) is 2.20. The van der Waals surface area contributed by atoms with Gasteiger partial charge >= 0.3 is 0 Å². The highest BCUT2D eigenvalue weighted by atomic mass is 16.8. The molecule has 2 N–H and O–H groups in total. The van der Waals surface area contributed by atoms with Gasteiger partial charge in [-0.25, -0.2) is 0 Å². The molecule has 1 aliphatic rings. The average Bonchev–Trinajstić information content (AvgIpc) is 2.17. The van der Waals surface area contributed by atoms with Crippen molar-refractivity contribution in [3.63, 3.8) is 0 Å². The number of nitrogens with zero attached hydrogens (tertiary/aromatic N) is 1. The first-order chi connectivity index (χ1) is 6.27. The van der Waals surface area contributed by atoms with E-state index >= 15 is 0 Å². The molecule has 13 heavy (non-hydrogen) atoms. The Bertz CT molecular complexity index is 310. The molecule has 0 atom stereocenters. The molecule has 0 unspecified atom stereocenters. The number of hydrogen-bond acceptors (Lipinski definition) is 3. The molecule has 3 nitrogen and oxygen atoms in total. The molecule has 0 aromatic heterocycles. The van der Waals surface area contributed by atoms with Gasteiger partial charge in [-0.1, -0.05) is 6.07 Å². The van der Waals surface area contributed by atoms with Gasteiger partial charge in [-0.15, -0.1) is 5.23 Å². The zero-order chi connectivity index (χ0) is 9.26. The minimum atomic E-state index is 0.175. The Morgan fingerprint density at radius 2 is 1.69 bits per heavy atom. The van der Waals surface area contributed by atoms with Crippen molar-refractivity contribution < 1.29 is 10.4 Å². The Labute approximate surface area is 77.1 Å². The zero-order valence-corrected chi connectivity index (χ0v) is 7.40. The van der Waals surface area contributed by atoms with Crippen LogP contribution >= 0.6 is 0 Å². The largest absolute Gasteiger partial charge is 0.264 e. The summed E-state index contributed by atoms with van der Waals surface area (Å²) in [4.78, 5) is 0. The van der Waals surface area contributed by atoms with Crippen LogP contribution in [0.5, 0.6) is 0 Å². The van der Waals surface area contributed by atoms with E-state index in [1.807, 2.05) is 12.1 Å². The lowest BCUT2D eigenvalue weighted by molar-refractivity contribution is 0.0291. The molecule has 0 amide bonds. The van der Waals surface area contributed by atoms with Gasteiger partial charge in [0.15, 0.2) is 0 Å². The molecule has 1 aromatic rings. The van der Waals surface area contributed by atoms with Gasteiger partial charge in [-0.3, -0.25) is 10.4 Å². The van der Waals surface area contributed by atoms with Gasteiger partial charge in [0.1, 0.15) is 0 Å². The van der Waals surface area contributed by atoms with Crippen LogP contribution in [0, 0.1) is 0 Å². The summed E-state index contributed by atoms with van der Waals surface area (Å²) in [5.41, 5.74) is 3.04. The molecule has 0 bridgehead atoms. The van der Waals surface area contributed by atoms with Gasteiger partial charge < -0.3 is 0 Å². The van der Waals surface area contributed by atoms with Crippen molar-refractivity contribution >= 4 is 5.69 Å². The molecule has 70 valence electrons. The summed E-state index contributed by atoms with van der Waals surface area (Å²) in [6, 6.07) is 5.54. The average molecular weight is 179 g/mol. The van der Waals surface area contributed by atoms with Gasteiger partial charge in [-0.2, -0.15) is 0 Å². The number of fused-ring (bicyclic) bond motifs is 1. The Morgan fingerprint density at radius 3 is 2.38 bits per heavy atom. The van der Waals surface area contributed by atoms with E-state index in [-0.39, 0.29) is 5.23 Å². The second kappa shape index (κ2) is 3.36. The second-order valence-corrected chi connectivity index (χ2v) is 3.45. The van der Waals surface area contributed by atoms with E-state index in [9.17, 15) is 0 Å². The zero-order valence-electron chi connectivity index (χ0n) is 7.40. The predicted octanol–water partition coefficient (Wildman–Crippen LogP) is 2.15. The minimum Gasteiger partial charge on any atom is -0.264 e. The van der Waals surface area contributed by atoms with Crippen LogP contribution < -0.4 is 5.23 Å². The Balaban J connectivity index is 2.35. The van der Waals surface area contributed by atoms with E-state index in [1.165, 1.54) is 24.0 Å². The van der Waals surface area contributed by atoms with Crippen molar-refractivity contribution in [2.75, 3.05) is 5.23 Å².